The summed E-state index contributed by atoms with van der Waals surface area (Å²) in [7, 11) is -2.74. The molecule has 1 spiro atoms. The van der Waals surface area contributed by atoms with Gasteiger partial charge in [0.2, 0.25) is 0 Å². The summed E-state index contributed by atoms with van der Waals surface area (Å²) in [5, 5.41) is 0. The van der Waals surface area contributed by atoms with Gasteiger partial charge in [-0.1, -0.05) is 0 Å². The molecule has 0 aromatic carbocycles. The Bertz CT molecular complexity index is 407. The highest BCUT2D eigenvalue weighted by molar-refractivity contribution is 7.87. The molecule has 0 unspecified atom stereocenters. The van der Waals surface area contributed by atoms with Gasteiger partial charge < -0.3 is 14.2 Å². The number of methoxy groups -OCH3 is 1. The molecule has 18 heavy (non-hydrogen) atoms. The molecule has 2 aliphatic rings. The zero-order chi connectivity index (χ0) is 13.2. The summed E-state index contributed by atoms with van der Waals surface area (Å²) in [4.78, 5) is 10.9. The smallest absolute Gasteiger partial charge is 0.421 e. The van der Waals surface area contributed by atoms with E-state index >= 15 is 0 Å². The molecular formula is C9H16N2O6S. The lowest BCUT2D eigenvalue weighted by Crippen LogP contribution is -2.51. The first-order valence-electron chi connectivity index (χ1n) is 5.61. The average Bonchev–Trinajstić information content (AvgIpc) is 2.77. The number of ether oxygens (including phenoxy) is 3. The second kappa shape index (κ2) is 5.00. The minimum Gasteiger partial charge on any atom is -0.452 e. The van der Waals surface area contributed by atoms with Crippen LogP contribution >= 0.6 is 0 Å². The molecule has 1 N–H and O–H groups in total. The first-order chi connectivity index (χ1) is 8.47. The normalized spacial score (nSPS) is 24.1. The van der Waals surface area contributed by atoms with Crippen LogP contribution in [0, 0.1) is 0 Å². The maximum absolute atomic E-state index is 11.8. The van der Waals surface area contributed by atoms with E-state index in [1.807, 2.05) is 4.72 Å². The van der Waals surface area contributed by atoms with E-state index in [4.69, 9.17) is 9.47 Å². The molecule has 1 amide bonds. The summed E-state index contributed by atoms with van der Waals surface area (Å²) in [6.45, 7) is 1.55. The van der Waals surface area contributed by atoms with Gasteiger partial charge in [-0.05, 0) is 0 Å². The molecule has 9 heteroatoms. The van der Waals surface area contributed by atoms with Crippen molar-refractivity contribution < 1.29 is 27.4 Å². The number of carbonyl (C=O) groups excluding carboxylic acids is 1. The van der Waals surface area contributed by atoms with Crippen LogP contribution in [-0.2, 0) is 24.4 Å². The largest absolute Gasteiger partial charge is 0.452 e. The van der Waals surface area contributed by atoms with Crippen molar-refractivity contribution >= 4 is 16.3 Å². The third-order valence-electron chi connectivity index (χ3n) is 3.04. The SMILES string of the molecule is COC(=O)NS(=O)(=O)N1CCC2(CC1)OCCO2. The summed E-state index contributed by atoms with van der Waals surface area (Å²) in [6.07, 6.45) is -0.0897. The van der Waals surface area contributed by atoms with E-state index in [1.165, 1.54) is 4.31 Å². The number of carbonyl (C=O) groups is 1. The zero-order valence-electron chi connectivity index (χ0n) is 10.0. The summed E-state index contributed by atoms with van der Waals surface area (Å²) < 4.78 is 41.8. The lowest BCUT2D eigenvalue weighted by Gasteiger charge is -2.36. The van der Waals surface area contributed by atoms with Crippen molar-refractivity contribution in [1.82, 2.24) is 9.03 Å². The van der Waals surface area contributed by atoms with Crippen molar-refractivity contribution in [2.45, 2.75) is 18.6 Å². The lowest BCUT2D eigenvalue weighted by molar-refractivity contribution is -0.179. The Kier molecular flexibility index (Phi) is 3.76. The fraction of sp³-hybridized carbons (Fsp3) is 0.889. The van der Waals surface area contributed by atoms with E-state index in [0.29, 0.717) is 26.1 Å². The van der Waals surface area contributed by atoms with Gasteiger partial charge in [-0.15, -0.1) is 0 Å². The van der Waals surface area contributed by atoms with Gasteiger partial charge in [0, 0.05) is 25.9 Å². The predicted octanol–water partition coefficient (Wildman–Crippen LogP) is -0.574. The van der Waals surface area contributed by atoms with Crippen molar-refractivity contribution in [2.24, 2.45) is 0 Å². The lowest BCUT2D eigenvalue weighted by atomic mass is 10.1. The number of hydrogen-bond donors (Lipinski definition) is 1. The molecule has 2 fully saturated rings. The monoisotopic (exact) mass is 280 g/mol. The molecule has 0 aliphatic carbocycles. The Morgan fingerprint density at radius 2 is 1.83 bits per heavy atom. The quantitative estimate of drug-likeness (QED) is 0.727. The third kappa shape index (κ3) is 2.74. The standard InChI is InChI=1S/C9H16N2O6S/c1-15-8(12)10-18(13,14)11-4-2-9(3-5-11)16-6-7-17-9/h2-7H2,1H3,(H,10,12). The fourth-order valence-electron chi connectivity index (χ4n) is 2.06. The Morgan fingerprint density at radius 1 is 1.28 bits per heavy atom. The van der Waals surface area contributed by atoms with Gasteiger partial charge in [0.05, 0.1) is 20.3 Å². The number of nitrogens with zero attached hydrogens (tertiary/aromatic N) is 1. The number of hydrogen-bond acceptors (Lipinski definition) is 6. The van der Waals surface area contributed by atoms with Gasteiger partial charge in [0.15, 0.2) is 5.79 Å². The van der Waals surface area contributed by atoms with Gasteiger partial charge in [0.1, 0.15) is 0 Å². The van der Waals surface area contributed by atoms with E-state index in [2.05, 4.69) is 4.74 Å². The summed E-state index contributed by atoms with van der Waals surface area (Å²) >= 11 is 0. The molecule has 0 aromatic heterocycles. The second-order valence-corrected chi connectivity index (χ2v) is 5.78. The molecule has 2 rings (SSSR count). The number of nitrogens with one attached hydrogen (secondary N) is 1. The molecule has 2 heterocycles. The predicted molar refractivity (Wildman–Crippen MR) is 59.9 cm³/mol. The minimum absolute atomic E-state index is 0.242. The number of amides is 1. The molecule has 2 aliphatic heterocycles. The topological polar surface area (TPSA) is 94.2 Å². The van der Waals surface area contributed by atoms with Crippen LogP contribution in [0.1, 0.15) is 12.8 Å². The van der Waals surface area contributed by atoms with Crippen molar-refractivity contribution in [1.29, 1.82) is 0 Å². The van der Waals surface area contributed by atoms with E-state index < -0.39 is 22.1 Å². The Morgan fingerprint density at radius 3 is 2.33 bits per heavy atom. The Balaban J connectivity index is 1.94. The Hall–Kier alpha value is -0.900. The average molecular weight is 280 g/mol. The highest BCUT2D eigenvalue weighted by atomic mass is 32.2. The van der Waals surface area contributed by atoms with Crippen molar-refractivity contribution in [3.8, 4) is 0 Å². The van der Waals surface area contributed by atoms with Gasteiger partial charge in [-0.2, -0.15) is 12.7 Å². The first-order valence-corrected chi connectivity index (χ1v) is 7.05. The van der Waals surface area contributed by atoms with Crippen LogP contribution in [0.3, 0.4) is 0 Å². The van der Waals surface area contributed by atoms with Crippen LogP contribution in [0.4, 0.5) is 4.79 Å². The van der Waals surface area contributed by atoms with Gasteiger partial charge in [-0.3, -0.25) is 0 Å². The third-order valence-corrected chi connectivity index (χ3v) is 4.50. The van der Waals surface area contributed by atoms with E-state index in [-0.39, 0.29) is 13.1 Å². The van der Waals surface area contributed by atoms with E-state index in [9.17, 15) is 13.2 Å². The van der Waals surface area contributed by atoms with Gasteiger partial charge in [0.25, 0.3) is 0 Å². The molecule has 0 bridgehead atoms. The molecule has 0 atom stereocenters. The summed E-state index contributed by atoms with van der Waals surface area (Å²) in [6, 6.07) is 0. The molecular weight excluding hydrogens is 264 g/mol. The van der Waals surface area contributed by atoms with E-state index in [1.54, 1.807) is 0 Å². The number of rotatable bonds is 2. The van der Waals surface area contributed by atoms with Crippen LogP contribution in [0.5, 0.6) is 0 Å². The Labute approximate surface area is 105 Å². The van der Waals surface area contributed by atoms with Crippen LogP contribution in [0.25, 0.3) is 0 Å². The summed E-state index contributed by atoms with van der Waals surface area (Å²) in [5.41, 5.74) is 0. The van der Waals surface area contributed by atoms with Crippen molar-refractivity contribution in [2.75, 3.05) is 33.4 Å². The molecule has 2 saturated heterocycles. The van der Waals surface area contributed by atoms with Crippen molar-refractivity contribution in [3.63, 3.8) is 0 Å². The molecule has 104 valence electrons. The van der Waals surface area contributed by atoms with Gasteiger partial charge >= 0.3 is 16.3 Å². The maximum atomic E-state index is 11.8. The van der Waals surface area contributed by atoms with Gasteiger partial charge in [-0.25, -0.2) is 9.52 Å². The van der Waals surface area contributed by atoms with Crippen molar-refractivity contribution in [3.05, 3.63) is 0 Å². The van der Waals surface area contributed by atoms with Crippen LogP contribution < -0.4 is 4.72 Å². The molecule has 0 aromatic rings. The fourth-order valence-corrected chi connectivity index (χ4v) is 3.15. The second-order valence-electron chi connectivity index (χ2n) is 4.11. The highest BCUT2D eigenvalue weighted by Crippen LogP contribution is 2.31. The molecule has 8 nitrogen and oxygen atoms in total. The first kappa shape index (κ1) is 13.5. The van der Waals surface area contributed by atoms with Crippen LogP contribution in [-0.4, -0.2) is 58.0 Å². The van der Waals surface area contributed by atoms with Crippen LogP contribution in [0.15, 0.2) is 0 Å². The number of piperidine rings is 1. The zero-order valence-corrected chi connectivity index (χ0v) is 10.9. The van der Waals surface area contributed by atoms with Crippen LogP contribution in [0.2, 0.25) is 0 Å². The minimum atomic E-state index is -3.84. The van der Waals surface area contributed by atoms with E-state index in [0.717, 1.165) is 7.11 Å². The maximum Gasteiger partial charge on any atom is 0.421 e. The molecule has 0 saturated carbocycles. The molecule has 0 radical (unpaired) electrons. The highest BCUT2D eigenvalue weighted by Gasteiger charge is 2.42. The summed E-state index contributed by atoms with van der Waals surface area (Å²) in [5.74, 6) is -0.642.